The number of benzene rings is 2. The molecule has 2 aromatic rings. The summed E-state index contributed by atoms with van der Waals surface area (Å²) in [5.41, 5.74) is 0.807. The first kappa shape index (κ1) is 15.8. The Morgan fingerprint density at radius 2 is 1.14 bits per heavy atom. The number of ketones is 2. The summed E-state index contributed by atoms with van der Waals surface area (Å²) >= 11 is 0. The van der Waals surface area contributed by atoms with E-state index < -0.39 is 5.92 Å². The van der Waals surface area contributed by atoms with Crippen molar-refractivity contribution in [1.82, 2.24) is 0 Å². The van der Waals surface area contributed by atoms with Crippen LogP contribution >= 0.6 is 0 Å². The second-order valence-corrected chi connectivity index (χ2v) is 4.85. The van der Waals surface area contributed by atoms with Crippen LogP contribution in [0.1, 0.15) is 27.6 Å². The summed E-state index contributed by atoms with van der Waals surface area (Å²) in [6.45, 7) is 1.60. The van der Waals surface area contributed by atoms with Gasteiger partial charge in [-0.15, -0.1) is 0 Å². The normalized spacial score (nSPS) is 10.4. The largest absolute Gasteiger partial charge is 0.496 e. The lowest BCUT2D eigenvalue weighted by Crippen LogP contribution is -2.22. The van der Waals surface area contributed by atoms with E-state index in [0.29, 0.717) is 22.6 Å². The van der Waals surface area contributed by atoms with Gasteiger partial charge in [0, 0.05) is 0 Å². The quantitative estimate of drug-likeness (QED) is 0.606. The van der Waals surface area contributed by atoms with E-state index in [2.05, 4.69) is 0 Å². The van der Waals surface area contributed by atoms with Crippen LogP contribution in [-0.4, -0.2) is 25.8 Å². The molecule has 0 spiro atoms. The van der Waals surface area contributed by atoms with Crippen molar-refractivity contribution >= 4 is 11.6 Å². The fourth-order valence-corrected chi connectivity index (χ4v) is 2.28. The Morgan fingerprint density at radius 1 is 0.773 bits per heavy atom. The molecule has 0 aliphatic heterocycles. The number of carbonyl (C=O) groups excluding carboxylic acids is 2. The molecule has 0 radical (unpaired) electrons. The van der Waals surface area contributed by atoms with Gasteiger partial charge in [-0.1, -0.05) is 24.3 Å². The lowest BCUT2D eigenvalue weighted by atomic mass is 9.91. The SMILES string of the molecule is COc1ccccc1C(=O)C(C)C(=O)c1ccccc1OC. The zero-order valence-corrected chi connectivity index (χ0v) is 12.8. The van der Waals surface area contributed by atoms with Crippen molar-refractivity contribution in [3.8, 4) is 11.5 Å². The molecule has 0 heterocycles. The van der Waals surface area contributed by atoms with Gasteiger partial charge in [0.05, 0.1) is 31.3 Å². The van der Waals surface area contributed by atoms with Gasteiger partial charge in [-0.2, -0.15) is 0 Å². The van der Waals surface area contributed by atoms with E-state index in [-0.39, 0.29) is 11.6 Å². The first-order valence-electron chi connectivity index (χ1n) is 6.94. The maximum absolute atomic E-state index is 12.6. The van der Waals surface area contributed by atoms with Crippen LogP contribution in [0.25, 0.3) is 0 Å². The van der Waals surface area contributed by atoms with E-state index in [4.69, 9.17) is 9.47 Å². The Hall–Kier alpha value is -2.62. The van der Waals surface area contributed by atoms with Crippen molar-refractivity contribution in [2.75, 3.05) is 14.2 Å². The van der Waals surface area contributed by atoms with Crippen LogP contribution in [-0.2, 0) is 0 Å². The van der Waals surface area contributed by atoms with E-state index in [1.54, 1.807) is 55.5 Å². The summed E-state index contributed by atoms with van der Waals surface area (Å²) < 4.78 is 10.4. The third-order valence-corrected chi connectivity index (χ3v) is 3.53. The van der Waals surface area contributed by atoms with E-state index in [0.717, 1.165) is 0 Å². The van der Waals surface area contributed by atoms with Crippen LogP contribution in [0.3, 0.4) is 0 Å². The Bertz CT molecular complexity index is 631. The Morgan fingerprint density at radius 3 is 1.50 bits per heavy atom. The molecule has 0 aromatic heterocycles. The highest BCUT2D eigenvalue weighted by Crippen LogP contribution is 2.26. The Kier molecular flexibility index (Phi) is 4.94. The number of carbonyl (C=O) groups is 2. The zero-order chi connectivity index (χ0) is 16.1. The number of para-hydroxylation sites is 2. The highest BCUT2D eigenvalue weighted by Gasteiger charge is 2.27. The van der Waals surface area contributed by atoms with Crippen molar-refractivity contribution in [3.63, 3.8) is 0 Å². The summed E-state index contributed by atoms with van der Waals surface area (Å²) in [7, 11) is 3.00. The average molecular weight is 298 g/mol. The van der Waals surface area contributed by atoms with E-state index in [9.17, 15) is 9.59 Å². The van der Waals surface area contributed by atoms with Crippen LogP contribution in [0.2, 0.25) is 0 Å². The first-order valence-corrected chi connectivity index (χ1v) is 6.94. The highest BCUT2D eigenvalue weighted by atomic mass is 16.5. The predicted molar refractivity (Wildman–Crippen MR) is 83.8 cm³/mol. The van der Waals surface area contributed by atoms with Gasteiger partial charge in [0.15, 0.2) is 11.6 Å². The number of Topliss-reactive ketones (excluding diaryl/α,β-unsaturated/α-hetero) is 2. The standard InChI is InChI=1S/C18H18O4/c1-12(17(19)13-8-4-6-10-15(13)21-2)18(20)14-9-5-7-11-16(14)22-3/h4-12H,1-3H3. The first-order chi connectivity index (χ1) is 10.6. The summed E-state index contributed by atoms with van der Waals surface area (Å²) in [5, 5.41) is 0. The number of hydrogen-bond donors (Lipinski definition) is 0. The number of methoxy groups -OCH3 is 2. The van der Waals surface area contributed by atoms with E-state index in [1.165, 1.54) is 14.2 Å². The minimum atomic E-state index is -0.812. The highest BCUT2D eigenvalue weighted by molar-refractivity contribution is 6.17. The molecule has 2 rings (SSSR count). The molecule has 0 aliphatic carbocycles. The lowest BCUT2D eigenvalue weighted by molar-refractivity contribution is 0.0817. The minimum absolute atomic E-state index is 0.270. The van der Waals surface area contributed by atoms with Crippen LogP contribution in [0.15, 0.2) is 48.5 Å². The van der Waals surface area contributed by atoms with Crippen LogP contribution in [0.4, 0.5) is 0 Å². The van der Waals surface area contributed by atoms with Crippen molar-refractivity contribution in [2.45, 2.75) is 6.92 Å². The fourth-order valence-electron chi connectivity index (χ4n) is 2.28. The van der Waals surface area contributed by atoms with Gasteiger partial charge >= 0.3 is 0 Å². The fraction of sp³-hybridized carbons (Fsp3) is 0.222. The van der Waals surface area contributed by atoms with Crippen LogP contribution < -0.4 is 9.47 Å². The molecule has 4 nitrogen and oxygen atoms in total. The molecule has 0 saturated heterocycles. The topological polar surface area (TPSA) is 52.6 Å². The van der Waals surface area contributed by atoms with Crippen molar-refractivity contribution < 1.29 is 19.1 Å². The van der Waals surface area contributed by atoms with Gasteiger partial charge in [-0.25, -0.2) is 0 Å². The number of rotatable bonds is 6. The molecule has 0 amide bonds. The molecule has 0 bridgehead atoms. The van der Waals surface area contributed by atoms with Crippen molar-refractivity contribution in [1.29, 1.82) is 0 Å². The summed E-state index contributed by atoms with van der Waals surface area (Å²) in [4.78, 5) is 25.2. The molecule has 22 heavy (non-hydrogen) atoms. The summed E-state index contributed by atoms with van der Waals surface area (Å²) in [6.07, 6.45) is 0. The molecule has 0 atom stereocenters. The minimum Gasteiger partial charge on any atom is -0.496 e. The predicted octanol–water partition coefficient (Wildman–Crippen LogP) is 3.41. The summed E-state index contributed by atoms with van der Waals surface area (Å²) in [6, 6.07) is 13.8. The van der Waals surface area contributed by atoms with Gasteiger partial charge < -0.3 is 9.47 Å². The van der Waals surface area contributed by atoms with Crippen molar-refractivity contribution in [2.24, 2.45) is 5.92 Å². The molecule has 114 valence electrons. The number of hydrogen-bond acceptors (Lipinski definition) is 4. The zero-order valence-electron chi connectivity index (χ0n) is 12.8. The molecular formula is C18H18O4. The lowest BCUT2D eigenvalue weighted by Gasteiger charge is -2.14. The van der Waals surface area contributed by atoms with Gasteiger partial charge in [0.1, 0.15) is 11.5 Å². The maximum atomic E-state index is 12.6. The monoisotopic (exact) mass is 298 g/mol. The molecule has 0 N–H and O–H groups in total. The van der Waals surface area contributed by atoms with Gasteiger partial charge in [-0.05, 0) is 31.2 Å². The van der Waals surface area contributed by atoms with E-state index in [1.807, 2.05) is 0 Å². The molecule has 0 fully saturated rings. The second-order valence-electron chi connectivity index (χ2n) is 4.85. The van der Waals surface area contributed by atoms with Crippen molar-refractivity contribution in [3.05, 3.63) is 59.7 Å². The third-order valence-electron chi connectivity index (χ3n) is 3.53. The van der Waals surface area contributed by atoms with Gasteiger partial charge in [0.25, 0.3) is 0 Å². The molecule has 2 aromatic carbocycles. The van der Waals surface area contributed by atoms with Gasteiger partial charge in [-0.3, -0.25) is 9.59 Å². The molecule has 0 aliphatic rings. The Labute approximate surface area is 129 Å². The summed E-state index contributed by atoms with van der Waals surface area (Å²) in [5.74, 6) is -0.423. The van der Waals surface area contributed by atoms with Crippen LogP contribution in [0.5, 0.6) is 11.5 Å². The molecular weight excluding hydrogens is 280 g/mol. The number of ether oxygens (including phenoxy) is 2. The second kappa shape index (κ2) is 6.89. The third kappa shape index (κ3) is 3.01. The molecule has 0 saturated carbocycles. The van der Waals surface area contributed by atoms with Gasteiger partial charge in [0.2, 0.25) is 0 Å². The van der Waals surface area contributed by atoms with E-state index >= 15 is 0 Å². The molecule has 4 heteroatoms. The Balaban J connectivity index is 2.32. The van der Waals surface area contributed by atoms with Crippen LogP contribution in [0, 0.1) is 5.92 Å². The maximum Gasteiger partial charge on any atom is 0.177 e. The molecule has 0 unspecified atom stereocenters. The smallest absolute Gasteiger partial charge is 0.177 e. The average Bonchev–Trinajstić information content (AvgIpc) is 2.59.